The number of rotatable bonds is 8. The van der Waals surface area contributed by atoms with Crippen molar-refractivity contribution in [1.29, 1.82) is 0 Å². The third-order valence-electron chi connectivity index (χ3n) is 4.89. The molecule has 0 saturated carbocycles. The minimum atomic E-state index is -0.217. The lowest BCUT2D eigenvalue weighted by Crippen LogP contribution is -2.16. The van der Waals surface area contributed by atoms with E-state index >= 15 is 0 Å². The van der Waals surface area contributed by atoms with Crippen LogP contribution in [0.3, 0.4) is 0 Å². The third kappa shape index (κ3) is 5.15. The summed E-state index contributed by atoms with van der Waals surface area (Å²) in [6.07, 6.45) is 3.11. The molecule has 3 rings (SSSR count). The number of ether oxygens (including phenoxy) is 1. The first kappa shape index (κ1) is 21.3. The highest BCUT2D eigenvalue weighted by atomic mass is 32.1. The van der Waals surface area contributed by atoms with E-state index in [1.807, 2.05) is 12.1 Å². The summed E-state index contributed by atoms with van der Waals surface area (Å²) < 4.78 is 9.01. The average molecular weight is 411 g/mol. The molecule has 3 aromatic rings. The first-order chi connectivity index (χ1) is 14.0. The van der Waals surface area contributed by atoms with Crippen molar-refractivity contribution in [1.82, 2.24) is 4.57 Å². The molecular formula is C24H30N2O2S. The van der Waals surface area contributed by atoms with Crippen LogP contribution >= 0.6 is 11.3 Å². The summed E-state index contributed by atoms with van der Waals surface area (Å²) in [6, 6.07) is 13.8. The summed E-state index contributed by atoms with van der Waals surface area (Å²) in [5, 5.41) is 0. The van der Waals surface area contributed by atoms with Crippen molar-refractivity contribution >= 4 is 27.5 Å². The number of aromatic nitrogens is 1. The molecule has 0 atom stereocenters. The van der Waals surface area contributed by atoms with Gasteiger partial charge in [-0.2, -0.15) is 4.99 Å². The van der Waals surface area contributed by atoms with Crippen molar-refractivity contribution < 1.29 is 9.53 Å². The molecule has 0 spiro atoms. The Hall–Kier alpha value is -2.40. The van der Waals surface area contributed by atoms with Crippen LogP contribution in [0.15, 0.2) is 47.5 Å². The molecule has 0 unspecified atom stereocenters. The minimum Gasteiger partial charge on any atom is -0.494 e. The maximum absolute atomic E-state index is 12.8. The van der Waals surface area contributed by atoms with Crippen LogP contribution in [0.2, 0.25) is 0 Å². The van der Waals surface area contributed by atoms with E-state index in [1.165, 1.54) is 10.3 Å². The predicted octanol–water partition coefficient (Wildman–Crippen LogP) is 6.16. The van der Waals surface area contributed by atoms with Gasteiger partial charge in [0.2, 0.25) is 0 Å². The second-order valence-corrected chi connectivity index (χ2v) is 8.57. The number of nitrogens with zero attached hydrogens (tertiary/aromatic N) is 2. The number of thiazole rings is 1. The van der Waals surface area contributed by atoms with E-state index in [4.69, 9.17) is 4.74 Å². The van der Waals surface area contributed by atoms with Gasteiger partial charge in [0, 0.05) is 12.1 Å². The zero-order valence-electron chi connectivity index (χ0n) is 17.8. The van der Waals surface area contributed by atoms with Gasteiger partial charge in [-0.3, -0.25) is 4.79 Å². The number of aryl methyl sites for hydroxylation is 1. The second-order valence-electron chi connectivity index (χ2n) is 7.56. The molecule has 1 aromatic heterocycles. The Kier molecular flexibility index (Phi) is 7.26. The van der Waals surface area contributed by atoms with E-state index in [1.54, 1.807) is 23.5 Å². The van der Waals surface area contributed by atoms with Gasteiger partial charge in [-0.15, -0.1) is 0 Å². The molecule has 5 heteroatoms. The lowest BCUT2D eigenvalue weighted by atomic mass is 10.0. The molecule has 29 heavy (non-hydrogen) atoms. The normalized spacial score (nSPS) is 12.1. The summed E-state index contributed by atoms with van der Waals surface area (Å²) in [7, 11) is 0. The SMILES string of the molecule is CCCCOc1ccc(C(=O)N=c2sc3cc(C(C)C)ccc3n2CCC)cc1. The monoisotopic (exact) mass is 410 g/mol. The Labute approximate surface area is 176 Å². The van der Waals surface area contributed by atoms with Crippen molar-refractivity contribution in [2.75, 3.05) is 6.61 Å². The van der Waals surface area contributed by atoms with E-state index in [0.717, 1.165) is 41.9 Å². The zero-order valence-corrected chi connectivity index (χ0v) is 18.6. The smallest absolute Gasteiger partial charge is 0.279 e. The second kappa shape index (κ2) is 9.88. The minimum absolute atomic E-state index is 0.217. The van der Waals surface area contributed by atoms with Gasteiger partial charge in [0.05, 0.1) is 16.8 Å². The zero-order chi connectivity index (χ0) is 20.8. The molecule has 0 radical (unpaired) electrons. The largest absolute Gasteiger partial charge is 0.494 e. The fourth-order valence-electron chi connectivity index (χ4n) is 3.15. The molecule has 0 aliphatic rings. The summed E-state index contributed by atoms with van der Waals surface area (Å²) >= 11 is 1.59. The van der Waals surface area contributed by atoms with Crippen LogP contribution < -0.4 is 9.54 Å². The van der Waals surface area contributed by atoms with Crippen LogP contribution in [-0.4, -0.2) is 17.1 Å². The van der Waals surface area contributed by atoms with Crippen molar-refractivity contribution in [3.8, 4) is 5.75 Å². The fourth-order valence-corrected chi connectivity index (χ4v) is 4.26. The molecule has 1 amide bonds. The van der Waals surface area contributed by atoms with E-state index in [-0.39, 0.29) is 5.91 Å². The molecule has 0 N–H and O–H groups in total. The molecule has 0 bridgehead atoms. The molecule has 0 fully saturated rings. The van der Waals surface area contributed by atoms with Crippen LogP contribution in [0.4, 0.5) is 0 Å². The highest BCUT2D eigenvalue weighted by Crippen LogP contribution is 2.24. The number of carbonyl (C=O) groups is 1. The first-order valence-corrected chi connectivity index (χ1v) is 11.3. The van der Waals surface area contributed by atoms with Gasteiger partial charge in [-0.05, 0) is 60.7 Å². The standard InChI is InChI=1S/C24H30N2O2S/c1-5-7-15-28-20-11-8-18(9-12-20)23(27)25-24-26(14-6-2)21-13-10-19(17(3)4)16-22(21)29-24/h8-13,16-17H,5-7,14-15H2,1-4H3. The number of hydrogen-bond acceptors (Lipinski definition) is 3. The number of amides is 1. The van der Waals surface area contributed by atoms with Gasteiger partial charge in [0.25, 0.3) is 5.91 Å². The topological polar surface area (TPSA) is 43.6 Å². The van der Waals surface area contributed by atoms with Crippen molar-refractivity contribution in [2.24, 2.45) is 4.99 Å². The first-order valence-electron chi connectivity index (χ1n) is 10.5. The summed E-state index contributed by atoms with van der Waals surface area (Å²) in [4.78, 5) is 18.0. The molecule has 0 saturated heterocycles. The van der Waals surface area contributed by atoms with Gasteiger partial charge in [0.15, 0.2) is 4.80 Å². The Morgan fingerprint density at radius 2 is 1.86 bits per heavy atom. The van der Waals surface area contributed by atoms with E-state index < -0.39 is 0 Å². The van der Waals surface area contributed by atoms with E-state index in [9.17, 15) is 4.79 Å². The van der Waals surface area contributed by atoms with Crippen LogP contribution in [-0.2, 0) is 6.54 Å². The van der Waals surface area contributed by atoms with Crippen LogP contribution in [0.5, 0.6) is 5.75 Å². The van der Waals surface area contributed by atoms with E-state index in [0.29, 0.717) is 18.1 Å². The fraction of sp³-hybridized carbons (Fsp3) is 0.417. The van der Waals surface area contributed by atoms with Gasteiger partial charge >= 0.3 is 0 Å². The van der Waals surface area contributed by atoms with Gasteiger partial charge in [0.1, 0.15) is 5.75 Å². The number of carbonyl (C=O) groups excluding carboxylic acids is 1. The highest BCUT2D eigenvalue weighted by Gasteiger charge is 2.11. The maximum Gasteiger partial charge on any atom is 0.279 e. The molecule has 2 aromatic carbocycles. The average Bonchev–Trinajstić information content (AvgIpc) is 3.05. The van der Waals surface area contributed by atoms with Crippen molar-refractivity contribution in [3.05, 3.63) is 58.4 Å². The molecule has 0 aliphatic carbocycles. The van der Waals surface area contributed by atoms with Gasteiger partial charge < -0.3 is 9.30 Å². The summed E-state index contributed by atoms with van der Waals surface area (Å²) in [5.74, 6) is 1.05. The predicted molar refractivity (Wildman–Crippen MR) is 121 cm³/mol. The van der Waals surface area contributed by atoms with Crippen molar-refractivity contribution in [2.45, 2.75) is 59.4 Å². The number of benzene rings is 2. The Balaban J connectivity index is 1.91. The molecule has 154 valence electrons. The van der Waals surface area contributed by atoms with Crippen molar-refractivity contribution in [3.63, 3.8) is 0 Å². The lowest BCUT2D eigenvalue weighted by molar-refractivity contribution is 0.0998. The number of hydrogen-bond donors (Lipinski definition) is 0. The third-order valence-corrected chi connectivity index (χ3v) is 5.93. The summed E-state index contributed by atoms with van der Waals surface area (Å²) in [6.45, 7) is 10.2. The van der Waals surface area contributed by atoms with E-state index in [2.05, 4.69) is 55.5 Å². The van der Waals surface area contributed by atoms with Gasteiger partial charge in [-0.1, -0.05) is 51.5 Å². The Morgan fingerprint density at radius 3 is 2.52 bits per heavy atom. The quantitative estimate of drug-likeness (QED) is 0.418. The Bertz CT molecular complexity index is 1030. The molecule has 0 aliphatic heterocycles. The summed E-state index contributed by atoms with van der Waals surface area (Å²) in [5.41, 5.74) is 3.03. The maximum atomic E-state index is 12.8. The number of fused-ring (bicyclic) bond motifs is 1. The van der Waals surface area contributed by atoms with Crippen LogP contribution in [0, 0.1) is 0 Å². The molecule has 4 nitrogen and oxygen atoms in total. The number of unbranched alkanes of at least 4 members (excludes halogenated alkanes) is 1. The van der Waals surface area contributed by atoms with Crippen LogP contribution in [0.1, 0.15) is 68.8 Å². The molecular weight excluding hydrogens is 380 g/mol. The van der Waals surface area contributed by atoms with Gasteiger partial charge in [-0.25, -0.2) is 0 Å². The Morgan fingerprint density at radius 1 is 1.10 bits per heavy atom. The molecule has 1 heterocycles. The lowest BCUT2D eigenvalue weighted by Gasteiger charge is -2.06. The van der Waals surface area contributed by atoms with Crippen LogP contribution in [0.25, 0.3) is 10.2 Å². The highest BCUT2D eigenvalue weighted by molar-refractivity contribution is 7.16.